The highest BCUT2D eigenvalue weighted by molar-refractivity contribution is 6.58. The molecule has 2 rings (SSSR count). The van der Waals surface area contributed by atoms with E-state index < -0.39 is 7.12 Å². The van der Waals surface area contributed by atoms with Crippen LogP contribution in [0, 0.1) is 0 Å². The maximum Gasteiger partial charge on any atom is 0.488 e. The van der Waals surface area contributed by atoms with Gasteiger partial charge in [0.05, 0.1) is 6.61 Å². The first-order chi connectivity index (χ1) is 9.70. The summed E-state index contributed by atoms with van der Waals surface area (Å²) in [5.74, 6) is 0.867. The molecule has 0 aliphatic carbocycles. The van der Waals surface area contributed by atoms with Gasteiger partial charge in [-0.05, 0) is 34.8 Å². The molecular weight excluding hydrogens is 251 g/mol. The smallest absolute Gasteiger partial charge is 0.488 e. The molecule has 0 fully saturated rings. The van der Waals surface area contributed by atoms with E-state index in [1.54, 1.807) is 12.1 Å². The van der Waals surface area contributed by atoms with Crippen LogP contribution in [0.4, 0.5) is 0 Å². The summed E-state index contributed by atoms with van der Waals surface area (Å²) < 4.78 is 5.74. The molecule has 106 valence electrons. The maximum absolute atomic E-state index is 9.16. The molecule has 0 aliphatic heterocycles. The van der Waals surface area contributed by atoms with E-state index >= 15 is 0 Å². The van der Waals surface area contributed by atoms with Gasteiger partial charge in [-0.15, -0.1) is 0 Å². The van der Waals surface area contributed by atoms with Crippen LogP contribution in [0.3, 0.4) is 0 Å². The largest absolute Gasteiger partial charge is 0.494 e. The van der Waals surface area contributed by atoms with Gasteiger partial charge in [0.1, 0.15) is 5.75 Å². The lowest BCUT2D eigenvalue weighted by molar-refractivity contribution is 0.305. The van der Waals surface area contributed by atoms with Crippen LogP contribution >= 0.6 is 0 Å². The average Bonchev–Trinajstić information content (AvgIpc) is 2.46. The number of benzene rings is 2. The van der Waals surface area contributed by atoms with Crippen molar-refractivity contribution in [2.45, 2.75) is 32.6 Å². The quantitative estimate of drug-likeness (QED) is 0.601. The minimum absolute atomic E-state index is 0.505. The van der Waals surface area contributed by atoms with Crippen molar-refractivity contribution in [2.24, 2.45) is 0 Å². The predicted molar refractivity (Wildman–Crippen MR) is 83.4 cm³/mol. The van der Waals surface area contributed by atoms with Gasteiger partial charge < -0.3 is 14.8 Å². The fourth-order valence-electron chi connectivity index (χ4n) is 2.21. The van der Waals surface area contributed by atoms with Gasteiger partial charge in [-0.25, -0.2) is 0 Å². The standard InChI is InChI=1S/C16H21BO3/c1-2-3-4-5-10-20-16-9-7-13-11-15(17(18)19)8-6-14(13)12-16/h6-9,11-12,18-19H,2-5,10H2,1H3. The van der Waals surface area contributed by atoms with Crippen LogP contribution in [0.15, 0.2) is 36.4 Å². The Morgan fingerprint density at radius 2 is 1.70 bits per heavy atom. The lowest BCUT2D eigenvalue weighted by Gasteiger charge is -2.08. The maximum atomic E-state index is 9.16. The highest BCUT2D eigenvalue weighted by Crippen LogP contribution is 2.20. The minimum atomic E-state index is -1.42. The summed E-state index contributed by atoms with van der Waals surface area (Å²) in [7, 11) is -1.42. The third-order valence-electron chi connectivity index (χ3n) is 3.40. The van der Waals surface area contributed by atoms with Crippen molar-refractivity contribution in [1.29, 1.82) is 0 Å². The van der Waals surface area contributed by atoms with Crippen LogP contribution in [-0.4, -0.2) is 23.8 Å². The Labute approximate surface area is 120 Å². The van der Waals surface area contributed by atoms with Gasteiger partial charge in [0.2, 0.25) is 0 Å². The molecule has 0 saturated heterocycles. The number of hydrogen-bond donors (Lipinski definition) is 2. The van der Waals surface area contributed by atoms with E-state index in [2.05, 4.69) is 6.92 Å². The van der Waals surface area contributed by atoms with Crippen LogP contribution in [0.5, 0.6) is 5.75 Å². The summed E-state index contributed by atoms with van der Waals surface area (Å²) in [5.41, 5.74) is 0.505. The zero-order valence-electron chi connectivity index (χ0n) is 11.9. The van der Waals surface area contributed by atoms with Gasteiger partial charge in [0.25, 0.3) is 0 Å². The van der Waals surface area contributed by atoms with E-state index in [9.17, 15) is 0 Å². The summed E-state index contributed by atoms with van der Waals surface area (Å²) in [6.07, 6.45) is 4.78. The molecule has 0 aliphatic rings. The van der Waals surface area contributed by atoms with Crippen molar-refractivity contribution in [2.75, 3.05) is 6.61 Å². The summed E-state index contributed by atoms with van der Waals surface area (Å²) in [6, 6.07) is 11.2. The number of fused-ring (bicyclic) bond motifs is 1. The molecule has 3 nitrogen and oxygen atoms in total. The second-order valence-electron chi connectivity index (χ2n) is 5.05. The van der Waals surface area contributed by atoms with Crippen molar-refractivity contribution in [1.82, 2.24) is 0 Å². The Morgan fingerprint density at radius 3 is 2.45 bits per heavy atom. The topological polar surface area (TPSA) is 49.7 Å². The molecular formula is C16H21BO3. The summed E-state index contributed by atoms with van der Waals surface area (Å²) in [5, 5.41) is 20.3. The Bertz CT molecular complexity index is 554. The van der Waals surface area contributed by atoms with E-state index in [0.717, 1.165) is 29.5 Å². The second-order valence-corrected chi connectivity index (χ2v) is 5.05. The van der Waals surface area contributed by atoms with Gasteiger partial charge in [0.15, 0.2) is 0 Å². The molecule has 0 saturated carbocycles. The fraction of sp³-hybridized carbons (Fsp3) is 0.375. The highest BCUT2D eigenvalue weighted by Gasteiger charge is 2.10. The first-order valence-electron chi connectivity index (χ1n) is 7.23. The normalized spacial score (nSPS) is 10.8. The lowest BCUT2D eigenvalue weighted by Crippen LogP contribution is -2.29. The first kappa shape index (κ1) is 14.9. The van der Waals surface area contributed by atoms with Crippen molar-refractivity contribution >= 4 is 23.4 Å². The number of ether oxygens (including phenoxy) is 1. The Morgan fingerprint density at radius 1 is 0.950 bits per heavy atom. The molecule has 0 spiro atoms. The van der Waals surface area contributed by atoms with E-state index in [1.165, 1.54) is 19.3 Å². The van der Waals surface area contributed by atoms with Crippen molar-refractivity contribution < 1.29 is 14.8 Å². The van der Waals surface area contributed by atoms with Crippen LogP contribution in [0.1, 0.15) is 32.6 Å². The van der Waals surface area contributed by atoms with Gasteiger partial charge in [-0.3, -0.25) is 0 Å². The van der Waals surface area contributed by atoms with Crippen molar-refractivity contribution in [3.8, 4) is 5.75 Å². The van der Waals surface area contributed by atoms with E-state index in [0.29, 0.717) is 5.46 Å². The van der Waals surface area contributed by atoms with E-state index in [1.807, 2.05) is 24.3 Å². The summed E-state index contributed by atoms with van der Waals surface area (Å²) in [4.78, 5) is 0. The molecule has 0 atom stereocenters. The van der Waals surface area contributed by atoms with Gasteiger partial charge in [0, 0.05) is 0 Å². The Hall–Kier alpha value is -1.52. The molecule has 0 amide bonds. The van der Waals surface area contributed by atoms with Crippen LogP contribution in [-0.2, 0) is 0 Å². The molecule has 4 heteroatoms. The fourth-order valence-corrected chi connectivity index (χ4v) is 2.21. The first-order valence-corrected chi connectivity index (χ1v) is 7.23. The number of hydrogen-bond acceptors (Lipinski definition) is 3. The number of rotatable bonds is 7. The van der Waals surface area contributed by atoms with Gasteiger partial charge in [-0.2, -0.15) is 0 Å². The molecule has 0 bridgehead atoms. The molecule has 2 aromatic carbocycles. The summed E-state index contributed by atoms with van der Waals surface area (Å²) >= 11 is 0. The Balaban J connectivity index is 2.00. The molecule has 2 aromatic rings. The van der Waals surface area contributed by atoms with Gasteiger partial charge in [-0.1, -0.05) is 50.5 Å². The zero-order chi connectivity index (χ0) is 14.4. The third-order valence-corrected chi connectivity index (χ3v) is 3.40. The molecule has 0 heterocycles. The summed E-state index contributed by atoms with van der Waals surface area (Å²) in [6.45, 7) is 2.95. The highest BCUT2D eigenvalue weighted by atomic mass is 16.5. The second kappa shape index (κ2) is 7.32. The zero-order valence-corrected chi connectivity index (χ0v) is 11.9. The van der Waals surface area contributed by atoms with E-state index in [-0.39, 0.29) is 0 Å². The van der Waals surface area contributed by atoms with Crippen LogP contribution in [0.2, 0.25) is 0 Å². The Kier molecular flexibility index (Phi) is 5.44. The average molecular weight is 272 g/mol. The van der Waals surface area contributed by atoms with E-state index in [4.69, 9.17) is 14.8 Å². The molecule has 20 heavy (non-hydrogen) atoms. The van der Waals surface area contributed by atoms with Gasteiger partial charge >= 0.3 is 7.12 Å². The number of unbranched alkanes of at least 4 members (excludes halogenated alkanes) is 3. The predicted octanol–water partition coefficient (Wildman–Crippen LogP) is 2.48. The third kappa shape index (κ3) is 3.99. The molecule has 0 unspecified atom stereocenters. The van der Waals surface area contributed by atoms with Crippen molar-refractivity contribution in [3.05, 3.63) is 36.4 Å². The monoisotopic (exact) mass is 272 g/mol. The molecule has 0 radical (unpaired) electrons. The molecule has 2 N–H and O–H groups in total. The SMILES string of the molecule is CCCCCCOc1ccc2cc(B(O)O)ccc2c1. The lowest BCUT2D eigenvalue weighted by atomic mass is 9.79. The van der Waals surface area contributed by atoms with Crippen LogP contribution < -0.4 is 10.2 Å². The molecule has 0 aromatic heterocycles. The van der Waals surface area contributed by atoms with Crippen molar-refractivity contribution in [3.63, 3.8) is 0 Å². The minimum Gasteiger partial charge on any atom is -0.494 e. The van der Waals surface area contributed by atoms with Crippen LogP contribution in [0.25, 0.3) is 10.8 Å².